The van der Waals surface area contributed by atoms with Crippen LogP contribution in [0.5, 0.6) is 5.75 Å². The van der Waals surface area contributed by atoms with Gasteiger partial charge in [-0.1, -0.05) is 13.8 Å². The average molecular weight is 277 g/mol. The lowest BCUT2D eigenvalue weighted by atomic mass is 10.1. The molecule has 0 bridgehead atoms. The summed E-state index contributed by atoms with van der Waals surface area (Å²) in [6.07, 6.45) is 0.361. The summed E-state index contributed by atoms with van der Waals surface area (Å²) in [4.78, 5) is 24.4. The molecule has 5 nitrogen and oxygen atoms in total. The zero-order valence-electron chi connectivity index (χ0n) is 11.7. The van der Waals surface area contributed by atoms with E-state index in [0.717, 1.165) is 11.4 Å². The van der Waals surface area contributed by atoms with Crippen molar-refractivity contribution in [3.05, 3.63) is 24.3 Å². The van der Waals surface area contributed by atoms with Crippen molar-refractivity contribution in [2.45, 2.75) is 20.3 Å². The normalized spacial score (nSPS) is 18.6. The molecule has 1 unspecified atom stereocenters. The van der Waals surface area contributed by atoms with Gasteiger partial charge in [-0.25, -0.2) is 0 Å². The molecule has 1 aromatic carbocycles. The van der Waals surface area contributed by atoms with E-state index in [2.05, 4.69) is 13.8 Å². The Hall–Kier alpha value is -2.04. The molecule has 2 rings (SSSR count). The van der Waals surface area contributed by atoms with Crippen LogP contribution in [0, 0.1) is 11.8 Å². The van der Waals surface area contributed by atoms with Gasteiger partial charge in [0.15, 0.2) is 0 Å². The predicted octanol–water partition coefficient (Wildman–Crippen LogP) is 2.16. The van der Waals surface area contributed by atoms with E-state index in [4.69, 9.17) is 9.84 Å². The van der Waals surface area contributed by atoms with Crippen LogP contribution < -0.4 is 9.64 Å². The summed E-state index contributed by atoms with van der Waals surface area (Å²) in [5.41, 5.74) is 0.718. The highest BCUT2D eigenvalue weighted by Gasteiger charge is 2.37. The summed E-state index contributed by atoms with van der Waals surface area (Å²) in [6, 6.07) is 7.19. The van der Waals surface area contributed by atoms with Crippen LogP contribution >= 0.6 is 0 Å². The van der Waals surface area contributed by atoms with Crippen LogP contribution in [0.4, 0.5) is 5.69 Å². The number of hydrogen-bond acceptors (Lipinski definition) is 3. The Labute approximate surface area is 118 Å². The fourth-order valence-electron chi connectivity index (χ4n) is 2.15. The van der Waals surface area contributed by atoms with Crippen LogP contribution in [0.3, 0.4) is 0 Å². The second-order valence-corrected chi connectivity index (χ2v) is 5.37. The van der Waals surface area contributed by atoms with Crippen molar-refractivity contribution in [3.63, 3.8) is 0 Å². The van der Waals surface area contributed by atoms with Gasteiger partial charge in [-0.05, 0) is 36.6 Å². The first-order chi connectivity index (χ1) is 9.49. The number of aliphatic carboxylic acids is 1. The van der Waals surface area contributed by atoms with Gasteiger partial charge in [0.25, 0.3) is 0 Å². The molecule has 1 N–H and O–H groups in total. The third kappa shape index (κ3) is 3.10. The molecule has 1 aromatic rings. The van der Waals surface area contributed by atoms with Gasteiger partial charge in [-0.2, -0.15) is 0 Å². The number of ether oxygens (including phenoxy) is 1. The topological polar surface area (TPSA) is 66.8 Å². The van der Waals surface area contributed by atoms with E-state index in [1.807, 2.05) is 0 Å². The highest BCUT2D eigenvalue weighted by Crippen LogP contribution is 2.27. The lowest BCUT2D eigenvalue weighted by Crippen LogP contribution is -2.30. The first-order valence-electron chi connectivity index (χ1n) is 6.76. The maximum absolute atomic E-state index is 12.0. The SMILES string of the molecule is CC(C)COc1ccc(N2CCC(C(=O)O)C2=O)cc1. The number of rotatable bonds is 5. The number of anilines is 1. The van der Waals surface area contributed by atoms with Gasteiger partial charge in [0, 0.05) is 12.2 Å². The van der Waals surface area contributed by atoms with Gasteiger partial charge in [-0.15, -0.1) is 0 Å². The molecule has 1 saturated heterocycles. The summed E-state index contributed by atoms with van der Waals surface area (Å²) < 4.78 is 5.57. The standard InChI is InChI=1S/C15H19NO4/c1-10(2)9-20-12-5-3-11(4-6-12)16-8-7-13(14(16)17)15(18)19/h3-6,10,13H,7-9H2,1-2H3,(H,18,19). The second-order valence-electron chi connectivity index (χ2n) is 5.37. The van der Waals surface area contributed by atoms with Gasteiger partial charge >= 0.3 is 5.97 Å². The first kappa shape index (κ1) is 14.4. The largest absolute Gasteiger partial charge is 0.493 e. The van der Waals surface area contributed by atoms with Gasteiger partial charge < -0.3 is 14.7 Å². The molecule has 0 spiro atoms. The van der Waals surface area contributed by atoms with E-state index in [9.17, 15) is 9.59 Å². The maximum Gasteiger partial charge on any atom is 0.316 e. The number of hydrogen-bond donors (Lipinski definition) is 1. The van der Waals surface area contributed by atoms with Crippen molar-refractivity contribution in [1.82, 2.24) is 0 Å². The van der Waals surface area contributed by atoms with Crippen molar-refractivity contribution in [3.8, 4) is 5.75 Å². The number of carbonyl (C=O) groups is 2. The molecule has 1 aliphatic heterocycles. The van der Waals surface area contributed by atoms with Crippen LogP contribution in [-0.4, -0.2) is 30.1 Å². The zero-order chi connectivity index (χ0) is 14.7. The number of benzene rings is 1. The Morgan fingerprint density at radius 1 is 1.40 bits per heavy atom. The summed E-state index contributed by atoms with van der Waals surface area (Å²) in [5.74, 6) is -1.09. The van der Waals surface area contributed by atoms with Gasteiger partial charge in [0.2, 0.25) is 5.91 Å². The van der Waals surface area contributed by atoms with E-state index in [0.29, 0.717) is 25.5 Å². The molecule has 0 radical (unpaired) electrons. The molecule has 108 valence electrons. The molecule has 1 fully saturated rings. The van der Waals surface area contributed by atoms with Crippen LogP contribution in [0.1, 0.15) is 20.3 Å². The third-order valence-electron chi connectivity index (χ3n) is 3.24. The molecular weight excluding hydrogens is 258 g/mol. The van der Waals surface area contributed by atoms with Crippen LogP contribution in [-0.2, 0) is 9.59 Å². The summed E-state index contributed by atoms with van der Waals surface area (Å²) in [6.45, 7) is 5.23. The van der Waals surface area contributed by atoms with Crippen LogP contribution in [0.2, 0.25) is 0 Å². The molecule has 1 atom stereocenters. The van der Waals surface area contributed by atoms with E-state index >= 15 is 0 Å². The quantitative estimate of drug-likeness (QED) is 0.837. The number of nitrogens with zero attached hydrogens (tertiary/aromatic N) is 1. The van der Waals surface area contributed by atoms with Crippen molar-refractivity contribution in [2.24, 2.45) is 11.8 Å². The highest BCUT2D eigenvalue weighted by atomic mass is 16.5. The Bertz CT molecular complexity index is 495. The Kier molecular flexibility index (Phi) is 4.27. The third-order valence-corrected chi connectivity index (χ3v) is 3.24. The molecule has 20 heavy (non-hydrogen) atoms. The molecule has 1 amide bonds. The van der Waals surface area contributed by atoms with Gasteiger partial charge in [0.1, 0.15) is 11.7 Å². The van der Waals surface area contributed by atoms with E-state index in [1.165, 1.54) is 4.90 Å². The maximum atomic E-state index is 12.0. The van der Waals surface area contributed by atoms with E-state index < -0.39 is 11.9 Å². The number of amides is 1. The van der Waals surface area contributed by atoms with E-state index in [-0.39, 0.29) is 5.91 Å². The average Bonchev–Trinajstić information content (AvgIpc) is 2.79. The molecule has 0 aromatic heterocycles. The van der Waals surface area contributed by atoms with Gasteiger partial charge in [0.05, 0.1) is 6.61 Å². The minimum Gasteiger partial charge on any atom is -0.493 e. The fraction of sp³-hybridized carbons (Fsp3) is 0.467. The Balaban J connectivity index is 2.04. The predicted molar refractivity (Wildman–Crippen MR) is 74.9 cm³/mol. The van der Waals surface area contributed by atoms with Crippen molar-refractivity contribution in [1.29, 1.82) is 0 Å². The van der Waals surface area contributed by atoms with Crippen LogP contribution in [0.25, 0.3) is 0 Å². The second kappa shape index (κ2) is 5.94. The Morgan fingerprint density at radius 2 is 2.05 bits per heavy atom. The number of carboxylic acids is 1. The minimum absolute atomic E-state index is 0.339. The molecule has 1 aliphatic rings. The van der Waals surface area contributed by atoms with Crippen molar-refractivity contribution < 1.29 is 19.4 Å². The zero-order valence-corrected chi connectivity index (χ0v) is 11.7. The van der Waals surface area contributed by atoms with Gasteiger partial charge in [-0.3, -0.25) is 9.59 Å². The lowest BCUT2D eigenvalue weighted by molar-refractivity contribution is -0.144. The minimum atomic E-state index is -1.05. The molecular formula is C15H19NO4. The van der Waals surface area contributed by atoms with E-state index in [1.54, 1.807) is 24.3 Å². The molecule has 0 aliphatic carbocycles. The Morgan fingerprint density at radius 3 is 2.55 bits per heavy atom. The lowest BCUT2D eigenvalue weighted by Gasteiger charge is -2.17. The number of carboxylic acid groups (broad SMARTS) is 1. The fourth-order valence-corrected chi connectivity index (χ4v) is 2.15. The monoisotopic (exact) mass is 277 g/mol. The smallest absolute Gasteiger partial charge is 0.316 e. The van der Waals surface area contributed by atoms with Crippen molar-refractivity contribution >= 4 is 17.6 Å². The summed E-state index contributed by atoms with van der Waals surface area (Å²) in [5, 5.41) is 8.95. The summed E-state index contributed by atoms with van der Waals surface area (Å²) in [7, 11) is 0. The van der Waals surface area contributed by atoms with Crippen molar-refractivity contribution in [2.75, 3.05) is 18.1 Å². The number of carbonyl (C=O) groups excluding carboxylic acids is 1. The van der Waals surface area contributed by atoms with Crippen LogP contribution in [0.15, 0.2) is 24.3 Å². The molecule has 1 heterocycles. The molecule has 5 heteroatoms. The molecule has 0 saturated carbocycles. The first-order valence-corrected chi connectivity index (χ1v) is 6.76. The summed E-state index contributed by atoms with van der Waals surface area (Å²) >= 11 is 0. The highest BCUT2D eigenvalue weighted by molar-refractivity contribution is 6.07.